The van der Waals surface area contributed by atoms with Crippen LogP contribution in [0.2, 0.25) is 10.0 Å². The Bertz CT molecular complexity index is 911. The molecule has 0 N–H and O–H groups in total. The second-order valence-corrected chi connectivity index (χ2v) is 7.38. The maximum atomic E-state index is 6.49. The zero-order chi connectivity index (χ0) is 17.6. The van der Waals surface area contributed by atoms with Crippen molar-refractivity contribution in [2.24, 2.45) is 0 Å². The van der Waals surface area contributed by atoms with Gasteiger partial charge < -0.3 is 9.47 Å². The van der Waals surface area contributed by atoms with Crippen LogP contribution in [0, 0.1) is 0 Å². The van der Waals surface area contributed by atoms with E-state index in [1.165, 1.54) is 11.1 Å². The van der Waals surface area contributed by atoms with E-state index in [1.807, 2.05) is 30.3 Å². The van der Waals surface area contributed by atoms with Crippen molar-refractivity contribution >= 4 is 45.9 Å². The number of benzene rings is 2. The van der Waals surface area contributed by atoms with Gasteiger partial charge in [-0.05, 0) is 54.7 Å². The van der Waals surface area contributed by atoms with E-state index in [2.05, 4.69) is 29.4 Å². The van der Waals surface area contributed by atoms with E-state index in [-0.39, 0.29) is 0 Å². The molecule has 3 aromatic rings. The molecular weight excluding hydrogens is 353 g/mol. The van der Waals surface area contributed by atoms with Crippen molar-refractivity contribution in [2.45, 2.75) is 39.2 Å². The number of rotatable bonds is 4. The van der Waals surface area contributed by atoms with Gasteiger partial charge in [-0.25, -0.2) is 4.98 Å². The van der Waals surface area contributed by atoms with E-state index >= 15 is 0 Å². The Hall–Kier alpha value is -1.71. The van der Waals surface area contributed by atoms with Gasteiger partial charge in [-0.15, -0.1) is 0 Å². The van der Waals surface area contributed by atoms with Crippen molar-refractivity contribution in [3.8, 4) is 0 Å². The summed E-state index contributed by atoms with van der Waals surface area (Å²) in [5, 5.41) is 1.47. The van der Waals surface area contributed by atoms with Crippen LogP contribution in [-0.2, 0) is 6.54 Å². The van der Waals surface area contributed by atoms with Gasteiger partial charge in [0, 0.05) is 23.8 Å². The van der Waals surface area contributed by atoms with Crippen LogP contribution in [0.1, 0.15) is 38.2 Å². The molecule has 3 nitrogen and oxygen atoms in total. The lowest BCUT2D eigenvalue weighted by Gasteiger charge is -2.15. The summed E-state index contributed by atoms with van der Waals surface area (Å²) in [6, 6.07) is 12.1. The maximum absolute atomic E-state index is 6.49. The van der Waals surface area contributed by atoms with Crippen LogP contribution >= 0.6 is 23.2 Å². The van der Waals surface area contributed by atoms with Crippen LogP contribution in [0.25, 0.3) is 11.0 Å². The molecule has 0 fully saturated rings. The van der Waals surface area contributed by atoms with E-state index in [9.17, 15) is 0 Å². The van der Waals surface area contributed by atoms with Crippen LogP contribution in [0.4, 0.5) is 11.6 Å². The number of hydrogen-bond acceptors (Lipinski definition) is 2. The molecule has 0 unspecified atom stereocenters. The van der Waals surface area contributed by atoms with Crippen molar-refractivity contribution in [2.75, 3.05) is 11.4 Å². The normalized spacial score (nSPS) is 13.9. The second kappa shape index (κ2) is 6.54. The Labute approximate surface area is 158 Å². The van der Waals surface area contributed by atoms with E-state index in [4.69, 9.17) is 28.2 Å². The maximum Gasteiger partial charge on any atom is 0.211 e. The first-order valence-electron chi connectivity index (χ1n) is 8.85. The topological polar surface area (TPSA) is 21.1 Å². The van der Waals surface area contributed by atoms with E-state index in [1.54, 1.807) is 0 Å². The molecule has 0 amide bonds. The number of halogens is 2. The molecule has 0 saturated heterocycles. The van der Waals surface area contributed by atoms with Gasteiger partial charge in [0.25, 0.3) is 0 Å². The first-order valence-corrected chi connectivity index (χ1v) is 9.61. The smallest absolute Gasteiger partial charge is 0.211 e. The van der Waals surface area contributed by atoms with Gasteiger partial charge in [-0.2, -0.15) is 0 Å². The molecule has 130 valence electrons. The fourth-order valence-corrected chi connectivity index (χ4v) is 4.18. The molecule has 1 aliphatic rings. The van der Waals surface area contributed by atoms with Crippen LogP contribution in [0.3, 0.4) is 0 Å². The highest BCUT2D eigenvalue weighted by Gasteiger charge is 2.28. The largest absolute Gasteiger partial charge is 0.310 e. The molecule has 2 heterocycles. The quantitative estimate of drug-likeness (QED) is 0.527. The third-order valence-corrected chi connectivity index (χ3v) is 5.77. The predicted octanol–water partition coefficient (Wildman–Crippen LogP) is 6.40. The molecule has 0 aliphatic carbocycles. The Morgan fingerprint density at radius 1 is 1.00 bits per heavy atom. The minimum atomic E-state index is 0.533. The second-order valence-electron chi connectivity index (χ2n) is 6.54. The summed E-state index contributed by atoms with van der Waals surface area (Å²) in [4.78, 5) is 7.15. The standard InChI is InChI=1S/C20H21Cl2N3/c1-3-13(4-2)16-9-10-17(22)18-19(16)25-12-11-24(20(25)23-18)15-7-5-14(21)6-8-15/h5-10,13H,3-4,11-12H2,1-2H3. The molecule has 0 atom stereocenters. The monoisotopic (exact) mass is 373 g/mol. The lowest BCUT2D eigenvalue weighted by atomic mass is 9.93. The molecule has 0 radical (unpaired) electrons. The average Bonchev–Trinajstić information content (AvgIpc) is 3.19. The molecule has 0 saturated carbocycles. The van der Waals surface area contributed by atoms with E-state index in [0.717, 1.165) is 53.1 Å². The van der Waals surface area contributed by atoms with Crippen LogP contribution in [0.5, 0.6) is 0 Å². The molecule has 1 aliphatic heterocycles. The average molecular weight is 374 g/mol. The molecule has 4 rings (SSSR count). The van der Waals surface area contributed by atoms with Gasteiger partial charge in [-0.1, -0.05) is 43.1 Å². The summed E-state index contributed by atoms with van der Waals surface area (Å²) in [7, 11) is 0. The summed E-state index contributed by atoms with van der Waals surface area (Å²) < 4.78 is 2.32. The number of fused-ring (bicyclic) bond motifs is 3. The molecule has 25 heavy (non-hydrogen) atoms. The Morgan fingerprint density at radius 3 is 2.40 bits per heavy atom. The Morgan fingerprint density at radius 2 is 1.72 bits per heavy atom. The van der Waals surface area contributed by atoms with Crippen molar-refractivity contribution in [1.82, 2.24) is 9.55 Å². The SMILES string of the molecule is CCC(CC)c1ccc(Cl)c2nc3n(c12)CCN3c1ccc(Cl)cc1. The minimum Gasteiger partial charge on any atom is -0.310 e. The molecule has 1 aromatic heterocycles. The molecular formula is C20H21Cl2N3. The Balaban J connectivity index is 1.89. The molecule has 0 spiro atoms. The first-order chi connectivity index (χ1) is 12.1. The van der Waals surface area contributed by atoms with Gasteiger partial charge in [0.1, 0.15) is 5.52 Å². The third kappa shape index (κ3) is 2.70. The van der Waals surface area contributed by atoms with Crippen LogP contribution in [0.15, 0.2) is 36.4 Å². The lowest BCUT2D eigenvalue weighted by molar-refractivity contribution is 0.642. The van der Waals surface area contributed by atoms with Gasteiger partial charge >= 0.3 is 0 Å². The first kappa shape index (κ1) is 16.7. The molecule has 2 aromatic carbocycles. The summed E-state index contributed by atoms with van der Waals surface area (Å²) in [6.45, 7) is 6.32. The highest BCUT2D eigenvalue weighted by atomic mass is 35.5. The van der Waals surface area contributed by atoms with Crippen LogP contribution in [-0.4, -0.2) is 16.1 Å². The molecule has 5 heteroatoms. The van der Waals surface area contributed by atoms with Gasteiger partial charge in [0.05, 0.1) is 10.5 Å². The summed E-state index contributed by atoms with van der Waals surface area (Å²) in [6.07, 6.45) is 2.24. The third-order valence-electron chi connectivity index (χ3n) is 5.21. The zero-order valence-electron chi connectivity index (χ0n) is 14.5. The van der Waals surface area contributed by atoms with Crippen LogP contribution < -0.4 is 4.90 Å². The Kier molecular flexibility index (Phi) is 4.38. The predicted molar refractivity (Wildman–Crippen MR) is 107 cm³/mol. The highest BCUT2D eigenvalue weighted by molar-refractivity contribution is 6.35. The van der Waals surface area contributed by atoms with Gasteiger partial charge in [-0.3, -0.25) is 0 Å². The summed E-state index contributed by atoms with van der Waals surface area (Å²) in [5.74, 6) is 1.50. The van der Waals surface area contributed by atoms with E-state index < -0.39 is 0 Å². The van der Waals surface area contributed by atoms with Crippen molar-refractivity contribution in [3.63, 3.8) is 0 Å². The number of aromatic nitrogens is 2. The van der Waals surface area contributed by atoms with Gasteiger partial charge in [0.15, 0.2) is 0 Å². The van der Waals surface area contributed by atoms with Gasteiger partial charge in [0.2, 0.25) is 5.95 Å². The lowest BCUT2D eigenvalue weighted by Crippen LogP contribution is -2.13. The fraction of sp³-hybridized carbons (Fsp3) is 0.350. The zero-order valence-corrected chi connectivity index (χ0v) is 16.0. The highest BCUT2D eigenvalue weighted by Crippen LogP contribution is 2.40. The summed E-state index contributed by atoms with van der Waals surface area (Å²) >= 11 is 12.5. The molecule has 0 bridgehead atoms. The number of hydrogen-bond donors (Lipinski definition) is 0. The minimum absolute atomic E-state index is 0.533. The number of imidazole rings is 1. The fourth-order valence-electron chi connectivity index (χ4n) is 3.86. The van der Waals surface area contributed by atoms with E-state index in [0.29, 0.717) is 5.92 Å². The summed E-state index contributed by atoms with van der Waals surface area (Å²) in [5.41, 5.74) is 4.59. The van der Waals surface area contributed by atoms with Crippen molar-refractivity contribution < 1.29 is 0 Å². The van der Waals surface area contributed by atoms with Crippen molar-refractivity contribution in [1.29, 1.82) is 0 Å². The number of nitrogens with zero attached hydrogens (tertiary/aromatic N) is 3. The number of anilines is 2. The van der Waals surface area contributed by atoms with Crippen molar-refractivity contribution in [3.05, 3.63) is 52.0 Å².